The molecule has 1 aromatic heterocycles. The highest BCUT2D eigenvalue weighted by Crippen LogP contribution is 2.28. The number of nitrogens with zero attached hydrogens (tertiary/aromatic N) is 3. The number of hydrogen-bond donors (Lipinski definition) is 0. The Morgan fingerprint density at radius 2 is 1.93 bits per heavy atom. The van der Waals surface area contributed by atoms with Crippen LogP contribution in [0.2, 0.25) is 10.0 Å². The summed E-state index contributed by atoms with van der Waals surface area (Å²) >= 11 is 12.1. The van der Waals surface area contributed by atoms with Gasteiger partial charge in [-0.3, -0.25) is 4.79 Å². The van der Waals surface area contributed by atoms with Gasteiger partial charge in [0.2, 0.25) is 5.88 Å². The molecule has 1 amide bonds. The molecule has 30 heavy (non-hydrogen) atoms. The predicted octanol–water partition coefficient (Wildman–Crippen LogP) is 4.91. The van der Waals surface area contributed by atoms with Gasteiger partial charge in [0.15, 0.2) is 0 Å². The largest absolute Gasteiger partial charge is 0.475 e. The van der Waals surface area contributed by atoms with Crippen LogP contribution in [0.25, 0.3) is 0 Å². The van der Waals surface area contributed by atoms with Crippen LogP contribution in [0, 0.1) is 11.3 Å². The molecule has 1 atom stereocenters. The number of nitriles is 1. The summed E-state index contributed by atoms with van der Waals surface area (Å²) in [5.41, 5.74) is 3.24. The standard InChI is InChI=1S/C23H17Cl2N3O2/c24-20-7-6-17(10-21(20)25)23(29)28-13-18-4-2-1-3-16(18)9-19(28)14-30-22-8-5-15(11-26)12-27-22/h1-8,10,12,19H,9,13-14H2. The van der Waals surface area contributed by atoms with Gasteiger partial charge in [-0.05, 0) is 41.8 Å². The maximum Gasteiger partial charge on any atom is 0.254 e. The summed E-state index contributed by atoms with van der Waals surface area (Å²) in [5, 5.41) is 9.65. The topological polar surface area (TPSA) is 66.2 Å². The third kappa shape index (κ3) is 4.25. The van der Waals surface area contributed by atoms with Gasteiger partial charge in [0, 0.05) is 24.4 Å². The molecule has 2 heterocycles. The Labute approximate surface area is 184 Å². The van der Waals surface area contributed by atoms with Gasteiger partial charge in [-0.25, -0.2) is 4.98 Å². The first-order valence-electron chi connectivity index (χ1n) is 9.37. The number of benzene rings is 2. The van der Waals surface area contributed by atoms with Crippen molar-refractivity contribution in [3.63, 3.8) is 0 Å². The van der Waals surface area contributed by atoms with Crippen LogP contribution in [0.5, 0.6) is 5.88 Å². The van der Waals surface area contributed by atoms with Crippen molar-refractivity contribution in [3.05, 3.63) is 93.1 Å². The number of carbonyl (C=O) groups excluding carboxylic acids is 1. The van der Waals surface area contributed by atoms with E-state index >= 15 is 0 Å². The number of pyridine rings is 1. The average Bonchev–Trinajstić information content (AvgIpc) is 2.78. The molecule has 0 N–H and O–H groups in total. The van der Waals surface area contributed by atoms with E-state index in [0.29, 0.717) is 40.0 Å². The van der Waals surface area contributed by atoms with E-state index in [0.717, 1.165) is 5.56 Å². The van der Waals surface area contributed by atoms with E-state index in [2.05, 4.69) is 11.1 Å². The molecule has 1 aliphatic heterocycles. The van der Waals surface area contributed by atoms with Gasteiger partial charge in [-0.1, -0.05) is 47.5 Å². The fraction of sp³-hybridized carbons (Fsp3) is 0.174. The molecule has 0 saturated heterocycles. The highest BCUT2D eigenvalue weighted by molar-refractivity contribution is 6.42. The molecule has 4 rings (SSSR count). The molecule has 7 heteroatoms. The summed E-state index contributed by atoms with van der Waals surface area (Å²) in [6.45, 7) is 0.754. The third-order valence-corrected chi connectivity index (χ3v) is 5.81. The molecule has 0 radical (unpaired) electrons. The number of carbonyl (C=O) groups is 1. The fourth-order valence-corrected chi connectivity index (χ4v) is 3.78. The Kier molecular flexibility index (Phi) is 5.89. The molecule has 1 aliphatic rings. The number of halogens is 2. The molecule has 1 unspecified atom stereocenters. The van der Waals surface area contributed by atoms with Crippen molar-refractivity contribution >= 4 is 29.1 Å². The van der Waals surface area contributed by atoms with Crippen molar-refractivity contribution in [2.75, 3.05) is 6.61 Å². The number of rotatable bonds is 4. The van der Waals surface area contributed by atoms with Crippen LogP contribution in [0.1, 0.15) is 27.0 Å². The lowest BCUT2D eigenvalue weighted by molar-refractivity contribution is 0.0562. The van der Waals surface area contributed by atoms with Crippen molar-refractivity contribution in [1.82, 2.24) is 9.88 Å². The van der Waals surface area contributed by atoms with Gasteiger partial charge < -0.3 is 9.64 Å². The van der Waals surface area contributed by atoms with Crippen LogP contribution in [-0.4, -0.2) is 28.4 Å². The molecule has 5 nitrogen and oxygen atoms in total. The molecule has 0 bridgehead atoms. The van der Waals surface area contributed by atoms with Crippen LogP contribution >= 0.6 is 23.2 Å². The summed E-state index contributed by atoms with van der Waals surface area (Å²) in [4.78, 5) is 19.2. The highest BCUT2D eigenvalue weighted by atomic mass is 35.5. The molecule has 150 valence electrons. The Morgan fingerprint density at radius 1 is 1.13 bits per heavy atom. The summed E-state index contributed by atoms with van der Waals surface area (Å²) in [7, 11) is 0. The van der Waals surface area contributed by atoms with E-state index in [1.54, 1.807) is 35.2 Å². The quantitative estimate of drug-likeness (QED) is 0.581. The smallest absolute Gasteiger partial charge is 0.254 e. The molecular weight excluding hydrogens is 421 g/mol. The zero-order valence-corrected chi connectivity index (χ0v) is 17.4. The number of hydrogen-bond acceptors (Lipinski definition) is 4. The monoisotopic (exact) mass is 437 g/mol. The molecule has 2 aromatic carbocycles. The van der Waals surface area contributed by atoms with Crippen molar-refractivity contribution in [2.45, 2.75) is 19.0 Å². The molecule has 3 aromatic rings. The minimum atomic E-state index is -0.181. The maximum atomic E-state index is 13.3. The molecule has 0 fully saturated rings. The van der Waals surface area contributed by atoms with E-state index in [4.69, 9.17) is 33.2 Å². The van der Waals surface area contributed by atoms with Crippen LogP contribution in [-0.2, 0) is 13.0 Å². The fourth-order valence-electron chi connectivity index (χ4n) is 3.48. The van der Waals surface area contributed by atoms with Gasteiger partial charge in [0.1, 0.15) is 12.7 Å². The lowest BCUT2D eigenvalue weighted by atomic mass is 9.93. The Balaban J connectivity index is 1.58. The molecular formula is C23H17Cl2N3O2. The third-order valence-electron chi connectivity index (χ3n) is 5.07. The average molecular weight is 438 g/mol. The van der Waals surface area contributed by atoms with Crippen LogP contribution in [0.4, 0.5) is 0 Å². The Morgan fingerprint density at radius 3 is 2.63 bits per heavy atom. The van der Waals surface area contributed by atoms with Crippen molar-refractivity contribution in [2.24, 2.45) is 0 Å². The Bertz CT molecular complexity index is 1130. The highest BCUT2D eigenvalue weighted by Gasteiger charge is 2.31. The normalized spacial score (nSPS) is 15.2. The first kappa shape index (κ1) is 20.2. The van der Waals surface area contributed by atoms with Crippen molar-refractivity contribution < 1.29 is 9.53 Å². The second kappa shape index (κ2) is 8.74. The number of ether oxygens (including phenoxy) is 1. The van der Waals surface area contributed by atoms with Crippen LogP contribution in [0.3, 0.4) is 0 Å². The lowest BCUT2D eigenvalue weighted by Crippen LogP contribution is -2.47. The number of aromatic nitrogens is 1. The SMILES string of the molecule is N#Cc1ccc(OCC2Cc3ccccc3CN2C(=O)c2ccc(Cl)c(Cl)c2)nc1. The van der Waals surface area contributed by atoms with Gasteiger partial charge in [0.05, 0.1) is 21.7 Å². The van der Waals surface area contributed by atoms with Gasteiger partial charge in [-0.2, -0.15) is 5.26 Å². The lowest BCUT2D eigenvalue weighted by Gasteiger charge is -2.36. The Hall–Kier alpha value is -3.07. The van der Waals surface area contributed by atoms with Crippen molar-refractivity contribution in [3.8, 4) is 11.9 Å². The van der Waals surface area contributed by atoms with Gasteiger partial charge >= 0.3 is 0 Å². The van der Waals surface area contributed by atoms with Crippen LogP contribution in [0.15, 0.2) is 60.8 Å². The zero-order valence-electron chi connectivity index (χ0n) is 15.9. The summed E-state index contributed by atoms with van der Waals surface area (Å²) in [5.74, 6) is 0.277. The van der Waals surface area contributed by atoms with E-state index in [1.807, 2.05) is 24.3 Å². The van der Waals surface area contributed by atoms with E-state index in [-0.39, 0.29) is 18.6 Å². The predicted molar refractivity (Wildman–Crippen MR) is 115 cm³/mol. The number of amides is 1. The molecule has 0 aliphatic carbocycles. The van der Waals surface area contributed by atoms with E-state index in [9.17, 15) is 4.79 Å². The minimum Gasteiger partial charge on any atom is -0.475 e. The minimum absolute atomic E-state index is 0.135. The first-order valence-corrected chi connectivity index (χ1v) is 10.1. The first-order chi connectivity index (χ1) is 14.5. The maximum absolute atomic E-state index is 13.3. The molecule has 0 spiro atoms. The summed E-state index contributed by atoms with van der Waals surface area (Å²) in [6.07, 6.45) is 2.13. The van der Waals surface area contributed by atoms with Crippen LogP contribution < -0.4 is 4.74 Å². The zero-order chi connectivity index (χ0) is 21.1. The van der Waals surface area contributed by atoms with Gasteiger partial charge in [-0.15, -0.1) is 0 Å². The summed E-state index contributed by atoms with van der Waals surface area (Å²) < 4.78 is 5.86. The van der Waals surface area contributed by atoms with E-state index < -0.39 is 0 Å². The second-order valence-electron chi connectivity index (χ2n) is 7.00. The van der Waals surface area contributed by atoms with E-state index in [1.165, 1.54) is 11.8 Å². The second-order valence-corrected chi connectivity index (χ2v) is 7.81. The molecule has 0 saturated carbocycles. The number of fused-ring (bicyclic) bond motifs is 1. The summed E-state index contributed by atoms with van der Waals surface area (Å²) in [6, 6.07) is 18.1. The van der Waals surface area contributed by atoms with Gasteiger partial charge in [0.25, 0.3) is 5.91 Å². The van der Waals surface area contributed by atoms with Crippen molar-refractivity contribution in [1.29, 1.82) is 5.26 Å².